The number of hydrogen-bond donors (Lipinski definition) is 1. The number of nitrogens with one attached hydrogen (secondary N) is 1. The number of hydrogen-bond acceptors (Lipinski definition) is 5. The molecule has 0 aliphatic carbocycles. The molecule has 0 saturated heterocycles. The average molecular weight is 265 g/mol. The number of imide groups is 1. The molecule has 1 N–H and O–H groups in total. The van der Waals surface area contributed by atoms with Gasteiger partial charge in [-0.2, -0.15) is 0 Å². The van der Waals surface area contributed by atoms with Crippen molar-refractivity contribution in [2.75, 3.05) is 0 Å². The molecule has 18 heavy (non-hydrogen) atoms. The zero-order valence-corrected chi connectivity index (χ0v) is 12.9. The van der Waals surface area contributed by atoms with Crippen LogP contribution in [0.15, 0.2) is 4.99 Å². The molecule has 7 nitrogen and oxygen atoms in total. The number of carbonyl (C=O) groups excluding carboxylic acids is 3. The normalized spacial score (nSPS) is 16.5. The summed E-state index contributed by atoms with van der Waals surface area (Å²) < 4.78 is 0. The van der Waals surface area contributed by atoms with Gasteiger partial charge in [0.1, 0.15) is 0 Å². The van der Waals surface area contributed by atoms with E-state index in [1.165, 1.54) is 0 Å². The van der Waals surface area contributed by atoms with Crippen LogP contribution in [0.5, 0.6) is 0 Å². The Balaban J connectivity index is 0. The van der Waals surface area contributed by atoms with E-state index >= 15 is 0 Å². The molecular weight excluding hydrogens is 251 g/mol. The van der Waals surface area contributed by atoms with Gasteiger partial charge in [0.25, 0.3) is 0 Å². The zero-order chi connectivity index (χ0) is 13.6. The van der Waals surface area contributed by atoms with Crippen molar-refractivity contribution in [3.05, 3.63) is 0 Å². The molecule has 0 fully saturated rings. The first-order valence-electron chi connectivity index (χ1n) is 5.09. The van der Waals surface area contributed by atoms with Crippen LogP contribution in [0.4, 0.5) is 4.79 Å². The van der Waals surface area contributed by atoms with Crippen LogP contribution < -0.4 is 45.1 Å². The minimum atomic E-state index is -1.12. The molecule has 96 valence electrons. The van der Waals surface area contributed by atoms with E-state index in [9.17, 15) is 14.7 Å². The van der Waals surface area contributed by atoms with Gasteiger partial charge in [-0.1, -0.05) is 13.8 Å². The molecule has 0 spiro atoms. The summed E-state index contributed by atoms with van der Waals surface area (Å²) in [6, 6.07) is -0.854. The molecular formula is C10H14N2NaO5-. The molecule has 0 aromatic heterocycles. The molecule has 1 rings (SSSR count). The number of urea groups is 1. The largest absolute Gasteiger partial charge is 1.00 e. The second-order valence-corrected chi connectivity index (χ2v) is 3.46. The van der Waals surface area contributed by atoms with Gasteiger partial charge in [-0.25, -0.2) is 9.79 Å². The Morgan fingerprint density at radius 2 is 1.72 bits per heavy atom. The summed E-state index contributed by atoms with van der Waals surface area (Å²) in [5.74, 6) is -2.23. The third-order valence-corrected chi connectivity index (χ3v) is 2.47. The van der Waals surface area contributed by atoms with Crippen LogP contribution in [0.1, 0.15) is 33.6 Å². The fourth-order valence-corrected chi connectivity index (χ4v) is 1.41. The predicted molar refractivity (Wildman–Crippen MR) is 54.7 cm³/mol. The van der Waals surface area contributed by atoms with E-state index in [-0.39, 0.29) is 29.6 Å². The van der Waals surface area contributed by atoms with Crippen LogP contribution in [-0.4, -0.2) is 23.8 Å². The SMILES string of the molecule is CC(=O)[O-].CCC1(CC)C(=O)NC(=O)N=C1[O-].[Na+]. The van der Waals surface area contributed by atoms with E-state index in [0.717, 1.165) is 6.92 Å². The minimum absolute atomic E-state index is 0. The first-order chi connectivity index (χ1) is 7.80. The molecule has 0 aromatic rings. The van der Waals surface area contributed by atoms with Crippen molar-refractivity contribution in [1.29, 1.82) is 0 Å². The van der Waals surface area contributed by atoms with Gasteiger partial charge < -0.3 is 15.0 Å². The van der Waals surface area contributed by atoms with Gasteiger partial charge in [0.2, 0.25) is 5.91 Å². The fourth-order valence-electron chi connectivity index (χ4n) is 1.41. The topological polar surface area (TPSA) is 122 Å². The Hall–Kier alpha value is -0.920. The number of carboxylic acids is 1. The molecule has 0 atom stereocenters. The maximum atomic E-state index is 11.4. The molecule has 0 radical (unpaired) electrons. The summed E-state index contributed by atoms with van der Waals surface area (Å²) in [7, 11) is 0. The van der Waals surface area contributed by atoms with E-state index in [0.29, 0.717) is 12.8 Å². The van der Waals surface area contributed by atoms with Crippen molar-refractivity contribution in [3.63, 3.8) is 0 Å². The van der Waals surface area contributed by atoms with E-state index in [4.69, 9.17) is 9.90 Å². The van der Waals surface area contributed by atoms with Gasteiger partial charge in [0.15, 0.2) is 0 Å². The fraction of sp³-hybridized carbons (Fsp3) is 0.600. The molecule has 3 amide bonds. The molecule has 0 aromatic carbocycles. The monoisotopic (exact) mass is 265 g/mol. The Morgan fingerprint density at radius 3 is 2.00 bits per heavy atom. The van der Waals surface area contributed by atoms with E-state index < -0.39 is 29.2 Å². The maximum Gasteiger partial charge on any atom is 1.00 e. The number of carbonyl (C=O) groups is 3. The van der Waals surface area contributed by atoms with Crippen molar-refractivity contribution < 1.29 is 54.2 Å². The van der Waals surface area contributed by atoms with Gasteiger partial charge in [0, 0.05) is 5.97 Å². The summed E-state index contributed by atoms with van der Waals surface area (Å²) >= 11 is 0. The maximum absolute atomic E-state index is 11.4. The molecule has 1 aliphatic rings. The molecule has 1 heterocycles. The van der Waals surface area contributed by atoms with Crippen molar-refractivity contribution in [2.45, 2.75) is 33.6 Å². The van der Waals surface area contributed by atoms with Gasteiger partial charge >= 0.3 is 35.6 Å². The van der Waals surface area contributed by atoms with Crippen molar-refractivity contribution in [2.24, 2.45) is 10.4 Å². The Bertz CT molecular complexity index is 359. The number of amides is 3. The minimum Gasteiger partial charge on any atom is -0.861 e. The quantitative estimate of drug-likeness (QED) is 0.505. The smallest absolute Gasteiger partial charge is 0.861 e. The van der Waals surface area contributed by atoms with Crippen molar-refractivity contribution in [1.82, 2.24) is 5.32 Å². The molecule has 0 unspecified atom stereocenters. The molecule has 0 bridgehead atoms. The second kappa shape index (κ2) is 8.23. The summed E-state index contributed by atoms with van der Waals surface area (Å²) in [5.41, 5.74) is -1.12. The standard InChI is InChI=1S/C8H12N2O3.C2H4O2.Na/c1-3-8(4-2)5(11)9-7(13)10-6(8)12;1-2(3)4;/h3-4H2,1-2H3,(H2,9,10,11,12,13);1H3,(H,3,4);/q;;+1/p-2. The summed E-state index contributed by atoms with van der Waals surface area (Å²) in [5, 5.41) is 22.3. The van der Waals surface area contributed by atoms with Crippen LogP contribution in [-0.2, 0) is 9.59 Å². The van der Waals surface area contributed by atoms with Crippen LogP contribution >= 0.6 is 0 Å². The Labute approximate surface area is 127 Å². The third kappa shape index (κ3) is 4.75. The van der Waals surface area contributed by atoms with Crippen LogP contribution in [0.3, 0.4) is 0 Å². The third-order valence-electron chi connectivity index (χ3n) is 2.47. The molecule has 0 saturated carbocycles. The number of aliphatic imine (C=N–C) groups is 1. The Morgan fingerprint density at radius 1 is 1.33 bits per heavy atom. The molecule has 8 heteroatoms. The van der Waals surface area contributed by atoms with Crippen LogP contribution in [0, 0.1) is 5.41 Å². The predicted octanol–water partition coefficient (Wildman–Crippen LogP) is -4.44. The number of rotatable bonds is 2. The summed E-state index contributed by atoms with van der Waals surface area (Å²) in [6.07, 6.45) is 0.732. The summed E-state index contributed by atoms with van der Waals surface area (Å²) in [6.45, 7) is 4.43. The average Bonchev–Trinajstić information content (AvgIpc) is 2.17. The van der Waals surface area contributed by atoms with E-state index in [1.54, 1.807) is 13.8 Å². The number of carboxylic acid groups (broad SMARTS) is 1. The number of nitrogens with zero attached hydrogens (tertiary/aromatic N) is 1. The Kier molecular flexibility index (Phi) is 8.88. The first-order valence-corrected chi connectivity index (χ1v) is 5.09. The van der Waals surface area contributed by atoms with Crippen molar-refractivity contribution in [3.8, 4) is 0 Å². The van der Waals surface area contributed by atoms with Gasteiger partial charge in [-0.15, -0.1) is 0 Å². The van der Waals surface area contributed by atoms with Gasteiger partial charge in [0.05, 0.1) is 5.41 Å². The van der Waals surface area contributed by atoms with Crippen molar-refractivity contribution >= 4 is 23.8 Å². The van der Waals surface area contributed by atoms with E-state index in [1.807, 2.05) is 5.32 Å². The molecule has 1 aliphatic heterocycles. The zero-order valence-electron chi connectivity index (χ0n) is 10.9. The second-order valence-electron chi connectivity index (χ2n) is 3.46. The number of aliphatic carboxylic acids is 1. The van der Waals surface area contributed by atoms with Crippen LogP contribution in [0.2, 0.25) is 0 Å². The van der Waals surface area contributed by atoms with E-state index in [2.05, 4.69) is 4.99 Å². The van der Waals surface area contributed by atoms with Gasteiger partial charge in [-0.3, -0.25) is 10.1 Å². The first kappa shape index (κ1) is 19.4. The van der Waals surface area contributed by atoms with Gasteiger partial charge in [-0.05, 0) is 25.7 Å². The summed E-state index contributed by atoms with van der Waals surface area (Å²) in [4.78, 5) is 34.2. The van der Waals surface area contributed by atoms with Crippen LogP contribution in [0.25, 0.3) is 0 Å².